The Morgan fingerprint density at radius 3 is 2.67 bits per heavy atom. The molecule has 0 spiro atoms. The molecule has 0 bridgehead atoms. The predicted molar refractivity (Wildman–Crippen MR) is 50.3 cm³/mol. The second kappa shape index (κ2) is 3.08. The van der Waals surface area contributed by atoms with Gasteiger partial charge in [-0.05, 0) is 12.8 Å². The van der Waals surface area contributed by atoms with E-state index in [0.717, 1.165) is 0 Å². The van der Waals surface area contributed by atoms with Gasteiger partial charge in [0, 0.05) is 7.05 Å². The number of amides is 1. The molecule has 0 aromatic carbocycles. The summed E-state index contributed by atoms with van der Waals surface area (Å²) >= 11 is 0. The highest BCUT2D eigenvalue weighted by Crippen LogP contribution is 2.35. The van der Waals surface area contributed by atoms with Crippen molar-refractivity contribution in [2.24, 2.45) is 7.05 Å². The molecule has 0 aliphatic heterocycles. The lowest BCUT2D eigenvalue weighted by molar-refractivity contribution is -0.140. The van der Waals surface area contributed by atoms with E-state index < -0.39 is 17.4 Å². The zero-order valence-electron chi connectivity index (χ0n) is 8.23. The Balaban J connectivity index is 2.11. The van der Waals surface area contributed by atoms with Crippen molar-refractivity contribution < 1.29 is 14.7 Å². The second-order valence-corrected chi connectivity index (χ2v) is 3.73. The minimum Gasteiger partial charge on any atom is -0.480 e. The summed E-state index contributed by atoms with van der Waals surface area (Å²) in [7, 11) is 1.68. The van der Waals surface area contributed by atoms with E-state index in [0.29, 0.717) is 18.5 Å². The molecule has 80 valence electrons. The highest BCUT2D eigenvalue weighted by molar-refractivity contribution is 5.97. The third-order valence-electron chi connectivity index (χ3n) is 2.56. The number of aryl methyl sites for hydroxylation is 1. The van der Waals surface area contributed by atoms with E-state index >= 15 is 0 Å². The molecule has 6 heteroatoms. The van der Waals surface area contributed by atoms with E-state index in [1.54, 1.807) is 11.6 Å². The number of rotatable bonds is 3. The van der Waals surface area contributed by atoms with E-state index in [4.69, 9.17) is 5.11 Å². The fraction of sp³-hybridized carbons (Fsp3) is 0.444. The molecule has 0 saturated heterocycles. The second-order valence-electron chi connectivity index (χ2n) is 3.73. The molecule has 1 aliphatic carbocycles. The lowest BCUT2D eigenvalue weighted by Crippen LogP contribution is -2.43. The maximum atomic E-state index is 11.7. The van der Waals surface area contributed by atoms with Crippen LogP contribution in [0, 0.1) is 0 Å². The summed E-state index contributed by atoms with van der Waals surface area (Å²) in [6, 6.07) is 0. The van der Waals surface area contributed by atoms with Crippen molar-refractivity contribution >= 4 is 11.9 Å². The van der Waals surface area contributed by atoms with Crippen LogP contribution in [0.2, 0.25) is 0 Å². The highest BCUT2D eigenvalue weighted by Gasteiger charge is 2.51. The van der Waals surface area contributed by atoms with Crippen LogP contribution in [-0.2, 0) is 11.8 Å². The number of carbonyl (C=O) groups is 2. The Hall–Kier alpha value is -1.85. The van der Waals surface area contributed by atoms with Gasteiger partial charge in [-0.15, -0.1) is 0 Å². The van der Waals surface area contributed by atoms with Crippen LogP contribution in [0.25, 0.3) is 0 Å². The highest BCUT2D eigenvalue weighted by atomic mass is 16.4. The molecule has 1 saturated carbocycles. The van der Waals surface area contributed by atoms with Gasteiger partial charge >= 0.3 is 5.97 Å². The number of nitrogens with zero attached hydrogens (tertiary/aromatic N) is 2. The largest absolute Gasteiger partial charge is 0.480 e. The van der Waals surface area contributed by atoms with Crippen LogP contribution in [0.4, 0.5) is 0 Å². The third kappa shape index (κ3) is 1.58. The molecule has 1 heterocycles. The van der Waals surface area contributed by atoms with Crippen LogP contribution in [0.1, 0.15) is 23.3 Å². The first kappa shape index (κ1) is 9.70. The van der Waals surface area contributed by atoms with Crippen LogP contribution in [0.5, 0.6) is 0 Å². The minimum atomic E-state index is -1.04. The molecule has 0 unspecified atom stereocenters. The van der Waals surface area contributed by atoms with Crippen molar-refractivity contribution in [1.29, 1.82) is 0 Å². The molecule has 1 fully saturated rings. The van der Waals surface area contributed by atoms with Crippen molar-refractivity contribution in [3.63, 3.8) is 0 Å². The van der Waals surface area contributed by atoms with E-state index in [2.05, 4.69) is 10.3 Å². The van der Waals surface area contributed by atoms with Gasteiger partial charge in [-0.3, -0.25) is 4.79 Å². The predicted octanol–water partition coefficient (Wildman–Crippen LogP) is -0.233. The molecule has 0 atom stereocenters. The van der Waals surface area contributed by atoms with Crippen LogP contribution >= 0.6 is 0 Å². The zero-order valence-corrected chi connectivity index (χ0v) is 8.23. The number of carboxylic acids is 1. The van der Waals surface area contributed by atoms with E-state index in [1.165, 1.54) is 12.5 Å². The topological polar surface area (TPSA) is 84.2 Å². The Morgan fingerprint density at radius 2 is 2.27 bits per heavy atom. The minimum absolute atomic E-state index is 0.363. The lowest BCUT2D eigenvalue weighted by Gasteiger charge is -2.11. The molecule has 2 rings (SSSR count). The van der Waals surface area contributed by atoms with Gasteiger partial charge < -0.3 is 15.0 Å². The number of aromatic nitrogens is 2. The summed E-state index contributed by atoms with van der Waals surface area (Å²) in [5.41, 5.74) is -0.677. The zero-order chi connectivity index (χ0) is 11.1. The van der Waals surface area contributed by atoms with Crippen molar-refractivity contribution in [3.05, 3.63) is 18.2 Å². The average molecular weight is 209 g/mol. The Labute approximate surface area is 85.9 Å². The van der Waals surface area contributed by atoms with Gasteiger partial charge in [-0.2, -0.15) is 0 Å². The molecule has 15 heavy (non-hydrogen) atoms. The Bertz CT molecular complexity index is 420. The number of nitrogens with one attached hydrogen (secondary N) is 1. The van der Waals surface area contributed by atoms with Crippen LogP contribution in [-0.4, -0.2) is 32.1 Å². The van der Waals surface area contributed by atoms with Gasteiger partial charge in [0.2, 0.25) is 0 Å². The number of carboxylic acid groups (broad SMARTS) is 1. The fourth-order valence-electron chi connectivity index (χ4n) is 1.37. The van der Waals surface area contributed by atoms with Crippen molar-refractivity contribution in [3.8, 4) is 0 Å². The molecule has 1 aromatic heterocycles. The van der Waals surface area contributed by atoms with Gasteiger partial charge in [0.25, 0.3) is 5.91 Å². The number of carbonyl (C=O) groups excluding carboxylic acids is 1. The summed E-state index contributed by atoms with van der Waals surface area (Å²) in [4.78, 5) is 26.3. The summed E-state index contributed by atoms with van der Waals surface area (Å²) in [5, 5.41) is 11.4. The summed E-state index contributed by atoms with van der Waals surface area (Å²) in [6.07, 6.45) is 3.89. The third-order valence-corrected chi connectivity index (χ3v) is 2.56. The van der Waals surface area contributed by atoms with Gasteiger partial charge in [0.05, 0.1) is 12.5 Å². The quantitative estimate of drug-likeness (QED) is 0.720. The fourth-order valence-corrected chi connectivity index (χ4v) is 1.37. The number of imidazole rings is 1. The first-order chi connectivity index (χ1) is 7.05. The average Bonchev–Trinajstić information content (AvgIpc) is 2.82. The molecular formula is C9H11N3O3. The first-order valence-electron chi connectivity index (χ1n) is 4.57. The maximum absolute atomic E-state index is 11.7. The van der Waals surface area contributed by atoms with Gasteiger partial charge in [0.1, 0.15) is 11.2 Å². The van der Waals surface area contributed by atoms with Crippen molar-refractivity contribution in [2.45, 2.75) is 18.4 Å². The Kier molecular flexibility index (Phi) is 1.99. The van der Waals surface area contributed by atoms with Crippen molar-refractivity contribution in [1.82, 2.24) is 14.9 Å². The number of hydrogen-bond acceptors (Lipinski definition) is 3. The number of aliphatic carboxylic acids is 1. The van der Waals surface area contributed by atoms with E-state index in [1.807, 2.05) is 0 Å². The monoisotopic (exact) mass is 209 g/mol. The van der Waals surface area contributed by atoms with Gasteiger partial charge in [0.15, 0.2) is 0 Å². The normalized spacial score (nSPS) is 17.1. The smallest absolute Gasteiger partial charge is 0.329 e. The molecule has 1 amide bonds. The van der Waals surface area contributed by atoms with Gasteiger partial charge in [-0.25, -0.2) is 9.78 Å². The standard InChI is InChI=1S/C9H11N3O3/c1-12-5-10-4-6(12)7(13)11-9(2-3-9)8(14)15/h4-5H,2-3H2,1H3,(H,11,13)(H,14,15). The molecule has 2 N–H and O–H groups in total. The lowest BCUT2D eigenvalue weighted by atomic mass is 10.2. The Morgan fingerprint density at radius 1 is 1.60 bits per heavy atom. The van der Waals surface area contributed by atoms with Crippen molar-refractivity contribution in [2.75, 3.05) is 0 Å². The van der Waals surface area contributed by atoms with E-state index in [9.17, 15) is 9.59 Å². The van der Waals surface area contributed by atoms with Crippen LogP contribution in [0.15, 0.2) is 12.5 Å². The summed E-state index contributed by atoms with van der Waals surface area (Å²) in [6.45, 7) is 0. The SMILES string of the molecule is Cn1cncc1C(=O)NC1(C(=O)O)CC1. The first-order valence-corrected chi connectivity index (χ1v) is 4.57. The van der Waals surface area contributed by atoms with E-state index in [-0.39, 0.29) is 0 Å². The molecule has 6 nitrogen and oxygen atoms in total. The summed E-state index contributed by atoms with van der Waals surface area (Å²) < 4.78 is 1.55. The molecule has 1 aliphatic rings. The molecule has 0 radical (unpaired) electrons. The molecular weight excluding hydrogens is 198 g/mol. The van der Waals surface area contributed by atoms with Crippen LogP contribution in [0.3, 0.4) is 0 Å². The molecule has 1 aromatic rings. The van der Waals surface area contributed by atoms with Crippen LogP contribution < -0.4 is 5.32 Å². The maximum Gasteiger partial charge on any atom is 0.329 e. The number of hydrogen-bond donors (Lipinski definition) is 2. The summed E-state index contributed by atoms with van der Waals surface area (Å²) in [5.74, 6) is -1.37. The van der Waals surface area contributed by atoms with Gasteiger partial charge in [-0.1, -0.05) is 0 Å².